The standard InChI is InChI=1S/C25H32N4O3Si/c1-16-17(2)31-22(21(16)32-33(6,7)25(3,4)5)19-13-14-20-23(26-15-27-29(19)20)28-24(30)18-11-9-8-10-12-18/h8-16,21-22H,2H2,1,3-7H3,(H,26,27,28,30)/t16-,21-,22+/m1/s1. The van der Waals surface area contributed by atoms with Crippen molar-refractivity contribution in [3.63, 3.8) is 0 Å². The van der Waals surface area contributed by atoms with E-state index >= 15 is 0 Å². The number of hydrogen-bond acceptors (Lipinski definition) is 5. The van der Waals surface area contributed by atoms with Crippen molar-refractivity contribution in [2.75, 3.05) is 5.32 Å². The molecule has 0 aliphatic carbocycles. The molecule has 1 N–H and O–H groups in total. The smallest absolute Gasteiger partial charge is 0.256 e. The number of fused-ring (bicyclic) bond motifs is 1. The molecule has 0 radical (unpaired) electrons. The number of carbonyl (C=O) groups excluding carboxylic acids is 1. The predicted octanol–water partition coefficient (Wildman–Crippen LogP) is 5.59. The maximum absolute atomic E-state index is 12.7. The van der Waals surface area contributed by atoms with Crippen molar-refractivity contribution >= 4 is 25.6 Å². The maximum Gasteiger partial charge on any atom is 0.256 e. The highest BCUT2D eigenvalue weighted by Gasteiger charge is 2.47. The number of anilines is 1. The van der Waals surface area contributed by atoms with Crippen molar-refractivity contribution in [3.8, 4) is 0 Å². The highest BCUT2D eigenvalue weighted by Crippen LogP contribution is 2.46. The summed E-state index contributed by atoms with van der Waals surface area (Å²) in [4.78, 5) is 17.0. The zero-order valence-corrected chi connectivity index (χ0v) is 21.1. The maximum atomic E-state index is 12.7. The summed E-state index contributed by atoms with van der Waals surface area (Å²) in [5.41, 5.74) is 2.10. The van der Waals surface area contributed by atoms with Gasteiger partial charge < -0.3 is 14.5 Å². The van der Waals surface area contributed by atoms with Crippen molar-refractivity contribution < 1.29 is 14.0 Å². The summed E-state index contributed by atoms with van der Waals surface area (Å²) in [6, 6.07) is 12.9. The number of ether oxygens (including phenoxy) is 1. The Morgan fingerprint density at radius 3 is 2.55 bits per heavy atom. The number of nitrogens with zero attached hydrogens (tertiary/aromatic N) is 3. The molecule has 3 atom stereocenters. The Labute approximate surface area is 196 Å². The van der Waals surface area contributed by atoms with Crippen molar-refractivity contribution in [2.45, 2.75) is 58.0 Å². The van der Waals surface area contributed by atoms with Gasteiger partial charge in [0.1, 0.15) is 11.8 Å². The Morgan fingerprint density at radius 2 is 1.88 bits per heavy atom. The first-order chi connectivity index (χ1) is 15.5. The van der Waals surface area contributed by atoms with E-state index in [9.17, 15) is 4.79 Å². The number of rotatable bonds is 5. The Hall–Kier alpha value is -2.97. The van der Waals surface area contributed by atoms with Crippen LogP contribution >= 0.6 is 0 Å². The predicted molar refractivity (Wildman–Crippen MR) is 132 cm³/mol. The van der Waals surface area contributed by atoms with Crippen LogP contribution in [0.25, 0.3) is 5.52 Å². The quantitative estimate of drug-likeness (QED) is 0.498. The molecule has 0 bridgehead atoms. The molecular weight excluding hydrogens is 432 g/mol. The normalized spacial score (nSPS) is 21.3. The summed E-state index contributed by atoms with van der Waals surface area (Å²) in [5, 5.41) is 7.42. The van der Waals surface area contributed by atoms with Gasteiger partial charge in [0, 0.05) is 11.5 Å². The van der Waals surface area contributed by atoms with Gasteiger partial charge in [-0.2, -0.15) is 5.10 Å². The summed E-state index contributed by atoms with van der Waals surface area (Å²) >= 11 is 0. The van der Waals surface area contributed by atoms with Gasteiger partial charge in [0.05, 0.1) is 17.6 Å². The highest BCUT2D eigenvalue weighted by molar-refractivity contribution is 6.74. The van der Waals surface area contributed by atoms with E-state index in [0.29, 0.717) is 22.7 Å². The molecule has 7 nitrogen and oxygen atoms in total. The molecule has 8 heteroatoms. The molecular formula is C25H32N4O3Si. The van der Waals surface area contributed by atoms with E-state index < -0.39 is 8.32 Å². The van der Waals surface area contributed by atoms with Crippen LogP contribution in [0.4, 0.5) is 5.82 Å². The lowest BCUT2D eigenvalue weighted by Gasteiger charge is -2.39. The van der Waals surface area contributed by atoms with E-state index in [0.717, 1.165) is 5.69 Å². The van der Waals surface area contributed by atoms with Gasteiger partial charge in [-0.25, -0.2) is 9.50 Å². The lowest BCUT2D eigenvalue weighted by atomic mass is 10.0. The number of nitrogens with one attached hydrogen (secondary N) is 1. The van der Waals surface area contributed by atoms with Crippen LogP contribution in [0.5, 0.6) is 0 Å². The minimum absolute atomic E-state index is 0.0498. The molecule has 0 saturated carbocycles. The molecule has 174 valence electrons. The monoisotopic (exact) mass is 464 g/mol. The van der Waals surface area contributed by atoms with Crippen LogP contribution in [0.15, 0.2) is 61.1 Å². The summed E-state index contributed by atoms with van der Waals surface area (Å²) < 4.78 is 14.8. The van der Waals surface area contributed by atoms with Gasteiger partial charge in [0.15, 0.2) is 20.2 Å². The third-order valence-corrected chi connectivity index (χ3v) is 11.3. The highest BCUT2D eigenvalue weighted by atomic mass is 28.4. The average molecular weight is 465 g/mol. The van der Waals surface area contributed by atoms with Gasteiger partial charge in [-0.1, -0.05) is 52.5 Å². The molecule has 1 fully saturated rings. The molecule has 3 aromatic rings. The van der Waals surface area contributed by atoms with Crippen LogP contribution in [-0.4, -0.2) is 34.9 Å². The first-order valence-corrected chi connectivity index (χ1v) is 14.1. The molecule has 1 aliphatic rings. The van der Waals surface area contributed by atoms with Gasteiger partial charge in [-0.15, -0.1) is 0 Å². The van der Waals surface area contributed by atoms with Crippen LogP contribution in [0, 0.1) is 5.92 Å². The fourth-order valence-electron chi connectivity index (χ4n) is 3.73. The molecule has 1 aliphatic heterocycles. The summed E-state index contributed by atoms with van der Waals surface area (Å²) in [5.74, 6) is 0.980. The van der Waals surface area contributed by atoms with E-state index in [1.165, 1.54) is 6.33 Å². The lowest BCUT2D eigenvalue weighted by molar-refractivity contribution is 0.0546. The zero-order valence-electron chi connectivity index (χ0n) is 20.1. The van der Waals surface area contributed by atoms with Gasteiger partial charge >= 0.3 is 0 Å². The first-order valence-electron chi connectivity index (χ1n) is 11.2. The van der Waals surface area contributed by atoms with E-state index in [4.69, 9.17) is 9.16 Å². The van der Waals surface area contributed by atoms with Crippen LogP contribution in [-0.2, 0) is 9.16 Å². The Morgan fingerprint density at radius 1 is 1.18 bits per heavy atom. The van der Waals surface area contributed by atoms with Gasteiger partial charge in [-0.05, 0) is 42.4 Å². The molecule has 1 amide bonds. The zero-order chi connectivity index (χ0) is 24.0. The molecule has 4 rings (SSSR count). The molecule has 3 heterocycles. The molecule has 1 saturated heterocycles. The number of amides is 1. The lowest BCUT2D eigenvalue weighted by Crippen LogP contribution is -2.46. The van der Waals surface area contributed by atoms with E-state index in [1.54, 1.807) is 16.6 Å². The van der Waals surface area contributed by atoms with E-state index in [2.05, 4.69) is 62.8 Å². The summed E-state index contributed by atoms with van der Waals surface area (Å²) in [7, 11) is -2.05. The Kier molecular flexibility index (Phi) is 5.92. The third kappa shape index (κ3) is 4.32. The van der Waals surface area contributed by atoms with Gasteiger partial charge in [-0.3, -0.25) is 4.79 Å². The van der Waals surface area contributed by atoms with Crippen molar-refractivity contribution in [3.05, 3.63) is 72.4 Å². The number of benzene rings is 1. The number of carbonyl (C=O) groups is 1. The fraction of sp³-hybridized carbons (Fsp3) is 0.400. The summed E-state index contributed by atoms with van der Waals surface area (Å²) in [6.45, 7) is 17.4. The number of hydrogen-bond donors (Lipinski definition) is 1. The summed E-state index contributed by atoms with van der Waals surface area (Å²) in [6.07, 6.45) is 0.916. The van der Waals surface area contributed by atoms with Crippen LogP contribution in [0.1, 0.15) is 49.9 Å². The second-order valence-corrected chi connectivity index (χ2v) is 14.9. The van der Waals surface area contributed by atoms with Crippen molar-refractivity contribution in [2.24, 2.45) is 5.92 Å². The topological polar surface area (TPSA) is 77.8 Å². The average Bonchev–Trinajstić information content (AvgIpc) is 3.30. The molecule has 33 heavy (non-hydrogen) atoms. The van der Waals surface area contributed by atoms with Crippen LogP contribution in [0.3, 0.4) is 0 Å². The van der Waals surface area contributed by atoms with Crippen LogP contribution in [0.2, 0.25) is 18.1 Å². The van der Waals surface area contributed by atoms with E-state index in [-0.39, 0.29) is 29.1 Å². The molecule has 1 aromatic carbocycles. The SMILES string of the molecule is C=C1O[C@@H](c2ccc3c(NC(=O)c4ccccc4)ncnn23)[C@H](O[Si](C)(C)C(C)(C)C)[C@@H]1C. The van der Waals surface area contributed by atoms with Gasteiger partial charge in [0.25, 0.3) is 5.91 Å². The molecule has 0 spiro atoms. The Balaban J connectivity index is 1.67. The second kappa shape index (κ2) is 8.42. The van der Waals surface area contributed by atoms with Crippen LogP contribution < -0.4 is 5.32 Å². The van der Waals surface area contributed by atoms with E-state index in [1.807, 2.05) is 30.3 Å². The first kappa shape index (κ1) is 23.2. The Bertz CT molecular complexity index is 1180. The fourth-order valence-corrected chi connectivity index (χ4v) is 5.09. The van der Waals surface area contributed by atoms with Gasteiger partial charge in [0.2, 0.25) is 0 Å². The molecule has 0 unspecified atom stereocenters. The second-order valence-electron chi connectivity index (χ2n) is 10.1. The van der Waals surface area contributed by atoms with Crippen molar-refractivity contribution in [1.29, 1.82) is 0 Å². The third-order valence-electron chi connectivity index (χ3n) is 6.85. The molecule has 2 aromatic heterocycles. The minimum Gasteiger partial charge on any atom is -0.486 e. The number of aromatic nitrogens is 3. The largest absolute Gasteiger partial charge is 0.486 e. The minimum atomic E-state index is -2.05. The van der Waals surface area contributed by atoms with Crippen molar-refractivity contribution in [1.82, 2.24) is 14.6 Å².